The summed E-state index contributed by atoms with van der Waals surface area (Å²) < 4.78 is 21.0. The zero-order valence-corrected chi connectivity index (χ0v) is 21.5. The number of alkyl halides is 1. The molecule has 3 N–H and O–H groups in total. The molecule has 37 heavy (non-hydrogen) atoms. The number of imidazole rings is 1. The Morgan fingerprint density at radius 2 is 1.92 bits per heavy atom. The number of halogens is 1. The molecule has 0 radical (unpaired) electrons. The summed E-state index contributed by atoms with van der Waals surface area (Å²) in [6, 6.07) is 13.4. The summed E-state index contributed by atoms with van der Waals surface area (Å²) in [5.41, 5.74) is 2.96. The van der Waals surface area contributed by atoms with Gasteiger partial charge in [-0.05, 0) is 44.0 Å². The molecule has 0 saturated heterocycles. The molecule has 0 aliphatic heterocycles. The minimum Gasteiger partial charge on any atom is -0.490 e. The second kappa shape index (κ2) is 12.5. The van der Waals surface area contributed by atoms with E-state index in [1.807, 2.05) is 68.9 Å². The molecule has 1 aromatic heterocycles. The van der Waals surface area contributed by atoms with Gasteiger partial charge in [0.15, 0.2) is 6.36 Å². The number of rotatable bonds is 11. The van der Waals surface area contributed by atoms with Crippen molar-refractivity contribution >= 4 is 5.91 Å². The van der Waals surface area contributed by atoms with E-state index in [1.165, 1.54) is 6.07 Å². The maximum atomic E-state index is 13.5. The van der Waals surface area contributed by atoms with Crippen LogP contribution in [0.2, 0.25) is 0 Å². The lowest BCUT2D eigenvalue weighted by Crippen LogP contribution is -2.38. The number of carbonyl (C=O) groups excluding carboxylic acids is 1. The van der Waals surface area contributed by atoms with Crippen molar-refractivity contribution in [2.45, 2.75) is 58.0 Å². The van der Waals surface area contributed by atoms with Crippen molar-refractivity contribution < 1.29 is 24.1 Å². The molecule has 0 aliphatic rings. The van der Waals surface area contributed by atoms with Gasteiger partial charge in [-0.2, -0.15) is 5.26 Å². The van der Waals surface area contributed by atoms with Crippen LogP contribution in [0.15, 0.2) is 48.7 Å². The van der Waals surface area contributed by atoms with E-state index in [4.69, 9.17) is 4.74 Å². The standard InChI is InChI=1S/C28H33FN4O4/c1-17(2)37-25-10-9-21(12-22(25)14-30)28(36)31-23(13-26(29)35)11-19-5-7-20(8-6-19)24-15-33(4)27(32-24)18(3)16-34/h5-10,12,15,17-18,23,26,34-35H,11,13,16H2,1-4H3,(H,31,36). The van der Waals surface area contributed by atoms with Crippen molar-refractivity contribution in [3.05, 3.63) is 71.2 Å². The van der Waals surface area contributed by atoms with Crippen LogP contribution < -0.4 is 10.1 Å². The average Bonchev–Trinajstić information content (AvgIpc) is 3.24. The molecule has 3 aromatic rings. The minimum absolute atomic E-state index is 0.00442. The Morgan fingerprint density at radius 1 is 1.22 bits per heavy atom. The van der Waals surface area contributed by atoms with Gasteiger partial charge in [0.25, 0.3) is 5.91 Å². The summed E-state index contributed by atoms with van der Waals surface area (Å²) in [5, 5.41) is 31.0. The van der Waals surface area contributed by atoms with E-state index < -0.39 is 18.3 Å². The predicted molar refractivity (Wildman–Crippen MR) is 138 cm³/mol. The van der Waals surface area contributed by atoms with Crippen LogP contribution in [0.4, 0.5) is 4.39 Å². The van der Waals surface area contributed by atoms with Gasteiger partial charge in [0.1, 0.15) is 17.6 Å². The number of hydrogen-bond acceptors (Lipinski definition) is 6. The highest BCUT2D eigenvalue weighted by molar-refractivity contribution is 5.95. The lowest BCUT2D eigenvalue weighted by molar-refractivity contribution is 0.0254. The number of hydrogen-bond donors (Lipinski definition) is 3. The lowest BCUT2D eigenvalue weighted by Gasteiger charge is -2.20. The third kappa shape index (κ3) is 7.38. The Morgan fingerprint density at radius 3 is 2.51 bits per heavy atom. The van der Waals surface area contributed by atoms with Crippen LogP contribution in [-0.2, 0) is 13.5 Å². The van der Waals surface area contributed by atoms with E-state index in [0.717, 1.165) is 22.6 Å². The molecule has 0 fully saturated rings. The van der Waals surface area contributed by atoms with Crippen molar-refractivity contribution in [2.75, 3.05) is 6.61 Å². The van der Waals surface area contributed by atoms with E-state index in [9.17, 15) is 24.7 Å². The van der Waals surface area contributed by atoms with Gasteiger partial charge in [-0.25, -0.2) is 9.37 Å². The van der Waals surface area contributed by atoms with Crippen molar-refractivity contribution in [2.24, 2.45) is 7.05 Å². The van der Waals surface area contributed by atoms with E-state index in [2.05, 4.69) is 10.3 Å². The van der Waals surface area contributed by atoms with Crippen LogP contribution in [0.5, 0.6) is 5.75 Å². The molecule has 9 heteroatoms. The Labute approximate surface area is 216 Å². The molecule has 3 unspecified atom stereocenters. The van der Waals surface area contributed by atoms with Gasteiger partial charge in [-0.15, -0.1) is 0 Å². The summed E-state index contributed by atoms with van der Waals surface area (Å²) in [6.45, 7) is 5.58. The highest BCUT2D eigenvalue weighted by Crippen LogP contribution is 2.24. The molecule has 1 heterocycles. The zero-order chi connectivity index (χ0) is 27.1. The number of nitrogens with one attached hydrogen (secondary N) is 1. The molecule has 0 saturated carbocycles. The first-order valence-corrected chi connectivity index (χ1v) is 12.2. The maximum Gasteiger partial charge on any atom is 0.251 e. The Hall–Kier alpha value is -3.74. The van der Waals surface area contributed by atoms with Crippen molar-refractivity contribution in [1.82, 2.24) is 14.9 Å². The van der Waals surface area contributed by atoms with Gasteiger partial charge >= 0.3 is 0 Å². The van der Waals surface area contributed by atoms with Gasteiger partial charge in [0.2, 0.25) is 0 Å². The van der Waals surface area contributed by atoms with Crippen LogP contribution in [-0.4, -0.2) is 50.8 Å². The van der Waals surface area contributed by atoms with Crippen molar-refractivity contribution in [3.8, 4) is 23.1 Å². The van der Waals surface area contributed by atoms with Crippen LogP contribution >= 0.6 is 0 Å². The fourth-order valence-corrected chi connectivity index (χ4v) is 4.07. The summed E-state index contributed by atoms with van der Waals surface area (Å²) in [5.74, 6) is 0.604. The molecular weight excluding hydrogens is 475 g/mol. The molecule has 2 aromatic carbocycles. The number of aliphatic hydroxyl groups excluding tert-OH is 2. The number of aliphatic hydroxyl groups is 2. The molecule has 0 bridgehead atoms. The van der Waals surface area contributed by atoms with Gasteiger partial charge < -0.3 is 24.8 Å². The predicted octanol–water partition coefficient (Wildman–Crippen LogP) is 3.86. The zero-order valence-electron chi connectivity index (χ0n) is 21.5. The van der Waals surface area contributed by atoms with Crippen LogP contribution in [0.25, 0.3) is 11.3 Å². The monoisotopic (exact) mass is 508 g/mol. The first kappa shape index (κ1) is 27.8. The van der Waals surface area contributed by atoms with Crippen LogP contribution in [0, 0.1) is 11.3 Å². The molecule has 8 nitrogen and oxygen atoms in total. The Kier molecular flexibility index (Phi) is 9.39. The number of nitrogens with zero attached hydrogens (tertiary/aromatic N) is 3. The number of nitriles is 1. The van der Waals surface area contributed by atoms with E-state index in [-0.39, 0.29) is 36.2 Å². The second-order valence-corrected chi connectivity index (χ2v) is 9.41. The number of aromatic nitrogens is 2. The molecule has 3 atom stereocenters. The minimum atomic E-state index is -2.10. The third-order valence-electron chi connectivity index (χ3n) is 5.90. The van der Waals surface area contributed by atoms with Gasteiger partial charge in [0.05, 0.1) is 24.0 Å². The lowest BCUT2D eigenvalue weighted by atomic mass is 10.0. The molecule has 1 amide bonds. The third-order valence-corrected chi connectivity index (χ3v) is 5.90. The van der Waals surface area contributed by atoms with Crippen molar-refractivity contribution in [3.63, 3.8) is 0 Å². The molecule has 0 aliphatic carbocycles. The number of carbonyl (C=O) groups is 1. The fourth-order valence-electron chi connectivity index (χ4n) is 4.07. The molecule has 196 valence electrons. The Bertz CT molecular complexity index is 1250. The first-order valence-electron chi connectivity index (χ1n) is 12.2. The quantitative estimate of drug-likeness (QED) is 0.362. The highest BCUT2D eigenvalue weighted by atomic mass is 19.1. The van der Waals surface area contributed by atoms with E-state index in [1.54, 1.807) is 12.1 Å². The second-order valence-electron chi connectivity index (χ2n) is 9.41. The number of aryl methyl sites for hydroxylation is 1. The Balaban J connectivity index is 1.74. The summed E-state index contributed by atoms with van der Waals surface area (Å²) in [4.78, 5) is 17.5. The van der Waals surface area contributed by atoms with Gasteiger partial charge in [-0.3, -0.25) is 4.79 Å². The highest BCUT2D eigenvalue weighted by Gasteiger charge is 2.20. The number of ether oxygens (including phenoxy) is 1. The van der Waals surface area contributed by atoms with Gasteiger partial charge in [0, 0.05) is 42.8 Å². The van der Waals surface area contributed by atoms with Crippen LogP contribution in [0.1, 0.15) is 60.4 Å². The SMILES string of the molecule is CC(C)Oc1ccc(C(=O)NC(Cc2ccc(-c3cn(C)c(C(C)CO)n3)cc2)CC(O)F)cc1C#N. The number of benzene rings is 2. The van der Waals surface area contributed by atoms with E-state index >= 15 is 0 Å². The summed E-state index contributed by atoms with van der Waals surface area (Å²) >= 11 is 0. The summed E-state index contributed by atoms with van der Waals surface area (Å²) in [6.07, 6.45) is -0.317. The topological polar surface area (TPSA) is 120 Å². The average molecular weight is 509 g/mol. The molecule has 0 spiro atoms. The number of amides is 1. The summed E-state index contributed by atoms with van der Waals surface area (Å²) in [7, 11) is 1.88. The van der Waals surface area contributed by atoms with E-state index in [0.29, 0.717) is 12.2 Å². The largest absolute Gasteiger partial charge is 0.490 e. The maximum absolute atomic E-state index is 13.5. The molecular formula is C28H33FN4O4. The van der Waals surface area contributed by atoms with Crippen molar-refractivity contribution in [1.29, 1.82) is 5.26 Å². The molecule has 3 rings (SSSR count). The van der Waals surface area contributed by atoms with Crippen LogP contribution in [0.3, 0.4) is 0 Å². The fraction of sp³-hybridized carbons (Fsp3) is 0.393. The van der Waals surface area contributed by atoms with Gasteiger partial charge in [-0.1, -0.05) is 31.2 Å². The smallest absolute Gasteiger partial charge is 0.251 e. The normalized spacial score (nSPS) is 13.6. The first-order chi connectivity index (χ1) is 17.6.